The van der Waals surface area contributed by atoms with Crippen LogP contribution in [0.3, 0.4) is 0 Å². The minimum Gasteiger partial charge on any atom is -0.833 e. The summed E-state index contributed by atoms with van der Waals surface area (Å²) in [7, 11) is 4.59. The fraction of sp³-hybridized carbons (Fsp3) is 0.467. The third-order valence-electron chi connectivity index (χ3n) is 8.65. The Hall–Kier alpha value is -2.52. The summed E-state index contributed by atoms with van der Waals surface area (Å²) in [6.45, 7) is 1.05. The van der Waals surface area contributed by atoms with Gasteiger partial charge >= 0.3 is 5.97 Å². The molecule has 202 valence electrons. The topological polar surface area (TPSA) is 92.5 Å². The highest BCUT2D eigenvalue weighted by Crippen LogP contribution is 2.50. The van der Waals surface area contributed by atoms with Gasteiger partial charge in [0, 0.05) is 33.6 Å². The molecule has 38 heavy (non-hydrogen) atoms. The van der Waals surface area contributed by atoms with Crippen LogP contribution in [0.15, 0.2) is 59.3 Å². The van der Waals surface area contributed by atoms with Gasteiger partial charge in [-0.2, -0.15) is 0 Å². The molecule has 5 rings (SSSR count). The fourth-order valence-electron chi connectivity index (χ4n) is 6.56. The van der Waals surface area contributed by atoms with Gasteiger partial charge in [-0.05, 0) is 72.7 Å². The van der Waals surface area contributed by atoms with E-state index in [1.807, 2.05) is 35.0 Å². The predicted molar refractivity (Wildman–Crippen MR) is 149 cm³/mol. The molecular formula is C30H36N2O4S2. The van der Waals surface area contributed by atoms with Gasteiger partial charge in [0.1, 0.15) is 6.10 Å². The molecule has 8 heteroatoms. The number of nitrogens with two attached hydrogens (primary N) is 1. The molecule has 2 aliphatic rings. The number of carbonyl (C=O) groups is 2. The van der Waals surface area contributed by atoms with Crippen molar-refractivity contribution in [2.75, 3.05) is 20.6 Å². The third-order valence-corrected chi connectivity index (χ3v) is 10.6. The smallest absolute Gasteiger partial charge is 0.306 e. The van der Waals surface area contributed by atoms with E-state index in [1.54, 1.807) is 24.3 Å². The van der Waals surface area contributed by atoms with Crippen LogP contribution in [0.25, 0.3) is 0 Å². The predicted octanol–water partition coefficient (Wildman–Crippen LogP) is 4.32. The zero-order valence-corrected chi connectivity index (χ0v) is 23.6. The van der Waals surface area contributed by atoms with Crippen molar-refractivity contribution in [2.24, 2.45) is 17.6 Å². The molecule has 1 amide bonds. The second kappa shape index (κ2) is 10.9. The Morgan fingerprint density at radius 1 is 1.03 bits per heavy atom. The number of carbonyl (C=O) groups excluding carboxylic acids is 2. The zero-order valence-electron chi connectivity index (χ0n) is 22.0. The van der Waals surface area contributed by atoms with Crippen molar-refractivity contribution >= 4 is 34.6 Å². The first-order valence-electron chi connectivity index (χ1n) is 13.4. The van der Waals surface area contributed by atoms with Crippen LogP contribution in [-0.2, 0) is 21.6 Å². The number of rotatable bonds is 11. The maximum Gasteiger partial charge on any atom is 0.306 e. The third kappa shape index (κ3) is 5.19. The SMILES string of the molecule is C[N+](C)(CCCCc1ccc(C(N)=O)cc1)[C@H]1CC2CCC1C2OC(=O)C([O-])(c1cccs1)c1cccs1. The lowest BCUT2D eigenvalue weighted by Gasteiger charge is -2.41. The second-order valence-corrected chi connectivity index (χ2v) is 13.2. The Morgan fingerprint density at radius 3 is 2.26 bits per heavy atom. The number of quaternary nitrogens is 1. The number of unbranched alkanes of at least 4 members (excludes halogenated alkanes) is 1. The lowest BCUT2D eigenvalue weighted by Crippen LogP contribution is -2.53. The number of nitrogens with zero attached hydrogens (tertiary/aromatic N) is 1. The number of primary amides is 1. The molecule has 2 bridgehead atoms. The van der Waals surface area contributed by atoms with Gasteiger partial charge in [-0.25, -0.2) is 0 Å². The molecule has 2 N–H and O–H groups in total. The van der Waals surface area contributed by atoms with Crippen LogP contribution in [0, 0.1) is 11.8 Å². The Balaban J connectivity index is 1.20. The number of esters is 1. The first-order chi connectivity index (χ1) is 18.2. The van der Waals surface area contributed by atoms with Crippen LogP contribution in [0.1, 0.15) is 57.8 Å². The largest absolute Gasteiger partial charge is 0.833 e. The van der Waals surface area contributed by atoms with E-state index in [9.17, 15) is 14.7 Å². The summed E-state index contributed by atoms with van der Waals surface area (Å²) in [6.07, 6.45) is 6.08. The van der Waals surface area contributed by atoms with Crippen molar-refractivity contribution in [1.29, 1.82) is 0 Å². The maximum absolute atomic E-state index is 14.1. The van der Waals surface area contributed by atoms with Gasteiger partial charge in [-0.15, -0.1) is 22.7 Å². The molecule has 2 heterocycles. The Morgan fingerprint density at radius 2 is 1.68 bits per heavy atom. The number of aryl methyl sites for hydroxylation is 1. The molecule has 3 unspecified atom stereocenters. The van der Waals surface area contributed by atoms with Crippen LogP contribution >= 0.6 is 22.7 Å². The normalized spacial score (nSPS) is 23.0. The van der Waals surface area contributed by atoms with Crippen LogP contribution in [0.5, 0.6) is 0 Å². The summed E-state index contributed by atoms with van der Waals surface area (Å²) in [4.78, 5) is 25.8. The van der Waals surface area contributed by atoms with Gasteiger partial charge in [-0.3, -0.25) is 9.59 Å². The monoisotopic (exact) mass is 552 g/mol. The number of thiophene rings is 2. The summed E-state index contributed by atoms with van der Waals surface area (Å²) in [5.41, 5.74) is 5.09. The highest BCUT2D eigenvalue weighted by molar-refractivity contribution is 7.12. The van der Waals surface area contributed by atoms with Crippen molar-refractivity contribution in [1.82, 2.24) is 0 Å². The highest BCUT2D eigenvalue weighted by atomic mass is 32.1. The quantitative estimate of drug-likeness (QED) is 0.218. The summed E-state index contributed by atoms with van der Waals surface area (Å²) < 4.78 is 7.06. The van der Waals surface area contributed by atoms with E-state index in [0.717, 1.165) is 49.6 Å². The molecular weight excluding hydrogens is 516 g/mol. The Labute approximate surface area is 232 Å². The zero-order chi connectivity index (χ0) is 26.9. The minimum absolute atomic E-state index is 0.179. The van der Waals surface area contributed by atoms with Crippen molar-refractivity contribution < 1.29 is 23.9 Å². The van der Waals surface area contributed by atoms with Crippen LogP contribution < -0.4 is 10.8 Å². The molecule has 6 nitrogen and oxygen atoms in total. The highest BCUT2D eigenvalue weighted by Gasteiger charge is 2.56. The van der Waals surface area contributed by atoms with E-state index in [2.05, 4.69) is 14.1 Å². The van der Waals surface area contributed by atoms with E-state index >= 15 is 0 Å². The van der Waals surface area contributed by atoms with E-state index in [0.29, 0.717) is 27.3 Å². The molecule has 1 aromatic carbocycles. The van der Waals surface area contributed by atoms with Crippen molar-refractivity contribution in [3.63, 3.8) is 0 Å². The molecule has 0 aliphatic heterocycles. The number of benzene rings is 1. The number of fused-ring (bicyclic) bond motifs is 2. The first-order valence-corrected chi connectivity index (χ1v) is 15.2. The standard InChI is InChI=1S/C30H36N2O4S2/c1-32(2,16-4-3-7-20-10-12-21(13-11-20)28(31)33)24-19-22-14-15-23(24)27(22)36-29(34)30(35,25-8-5-17-37-25)26-9-6-18-38-26/h5-6,8-13,17-18,22-24,27H,3-4,7,14-16,19H2,1-2H3,(H2,31,33)/t22?,23?,24-,27?/m0/s1. The van der Waals surface area contributed by atoms with Crippen molar-refractivity contribution in [3.05, 3.63) is 80.2 Å². The number of hydrogen-bond acceptors (Lipinski definition) is 6. The molecule has 2 aliphatic carbocycles. The summed E-state index contributed by atoms with van der Waals surface area (Å²) in [5, 5.41) is 17.8. The van der Waals surface area contributed by atoms with E-state index in [4.69, 9.17) is 10.5 Å². The van der Waals surface area contributed by atoms with Crippen LogP contribution in [0.4, 0.5) is 0 Å². The molecule has 0 saturated heterocycles. The summed E-state index contributed by atoms with van der Waals surface area (Å²) >= 11 is 2.64. The van der Waals surface area contributed by atoms with Gasteiger partial charge in [-0.1, -0.05) is 24.3 Å². The van der Waals surface area contributed by atoms with E-state index in [1.165, 1.54) is 28.2 Å². The van der Waals surface area contributed by atoms with Gasteiger partial charge in [0.05, 0.1) is 32.3 Å². The minimum atomic E-state index is -2.00. The molecule has 4 atom stereocenters. The lowest BCUT2D eigenvalue weighted by atomic mass is 9.92. The average Bonchev–Trinajstić information content (AvgIpc) is 3.72. The van der Waals surface area contributed by atoms with Crippen LogP contribution in [0.2, 0.25) is 0 Å². The Bertz CT molecular complexity index is 1200. The number of amides is 1. The molecule has 0 spiro atoms. The van der Waals surface area contributed by atoms with Crippen molar-refractivity contribution in [3.8, 4) is 0 Å². The number of hydrogen-bond donors (Lipinski definition) is 1. The first kappa shape index (κ1) is 27.1. The lowest BCUT2D eigenvalue weighted by molar-refractivity contribution is -0.918. The Kier molecular flexibility index (Phi) is 7.78. The van der Waals surface area contributed by atoms with Crippen molar-refractivity contribution in [2.45, 2.75) is 56.3 Å². The summed E-state index contributed by atoms with van der Waals surface area (Å²) in [5.74, 6) is -0.440. The van der Waals surface area contributed by atoms with Gasteiger partial charge in [0.2, 0.25) is 5.91 Å². The van der Waals surface area contributed by atoms with Gasteiger partial charge in [0.15, 0.2) is 0 Å². The second-order valence-electron chi connectivity index (χ2n) is 11.3. The summed E-state index contributed by atoms with van der Waals surface area (Å²) in [6, 6.07) is 15.1. The van der Waals surface area contributed by atoms with Gasteiger partial charge < -0.3 is 20.1 Å². The molecule has 2 saturated carbocycles. The molecule has 2 aromatic heterocycles. The molecule has 3 aromatic rings. The average molecular weight is 553 g/mol. The maximum atomic E-state index is 14.1. The van der Waals surface area contributed by atoms with E-state index < -0.39 is 17.5 Å². The molecule has 2 fully saturated rings. The fourth-order valence-corrected chi connectivity index (χ4v) is 8.26. The molecule has 0 radical (unpaired) electrons. The van der Waals surface area contributed by atoms with Crippen LogP contribution in [-0.4, -0.2) is 49.1 Å². The number of ether oxygens (including phenoxy) is 1. The van der Waals surface area contributed by atoms with Gasteiger partial charge in [0.25, 0.3) is 0 Å². The van der Waals surface area contributed by atoms with E-state index in [-0.39, 0.29) is 12.0 Å².